The van der Waals surface area contributed by atoms with E-state index in [0.29, 0.717) is 30.9 Å². The monoisotopic (exact) mass is 338 g/mol. The van der Waals surface area contributed by atoms with Gasteiger partial charge in [-0.2, -0.15) is 0 Å². The number of aryl methyl sites for hydroxylation is 1. The van der Waals surface area contributed by atoms with Crippen LogP contribution in [0.5, 0.6) is 5.75 Å². The molecule has 2 aromatic rings. The molecule has 1 aliphatic rings. The summed E-state index contributed by atoms with van der Waals surface area (Å²) in [7, 11) is 0. The van der Waals surface area contributed by atoms with Gasteiger partial charge in [-0.1, -0.05) is 30.3 Å². The zero-order chi connectivity index (χ0) is 17.9. The number of rotatable bonds is 6. The number of anilines is 2. The standard InChI is InChI=1S/C20H22N2O3/c1-3-25-17-11-7-6-10-16(17)22-19(24)20(12-13-20)18(23)21-15-9-5-4-8-14(15)2/h4-11H,3,12-13H2,1-2H3,(H,21,23)(H,22,24). The van der Waals surface area contributed by atoms with Crippen LogP contribution < -0.4 is 15.4 Å². The van der Waals surface area contributed by atoms with Crippen molar-refractivity contribution in [3.8, 4) is 5.75 Å². The number of hydrogen-bond donors (Lipinski definition) is 2. The lowest BCUT2D eigenvalue weighted by atomic mass is 10.0. The molecule has 0 heterocycles. The van der Waals surface area contributed by atoms with E-state index in [1.165, 1.54) is 0 Å². The van der Waals surface area contributed by atoms with E-state index in [1.54, 1.807) is 12.1 Å². The average molecular weight is 338 g/mol. The van der Waals surface area contributed by atoms with Crippen LogP contribution >= 0.6 is 0 Å². The molecule has 1 fully saturated rings. The van der Waals surface area contributed by atoms with Gasteiger partial charge < -0.3 is 15.4 Å². The third kappa shape index (κ3) is 3.50. The first kappa shape index (κ1) is 17.0. The van der Waals surface area contributed by atoms with Gasteiger partial charge in [-0.15, -0.1) is 0 Å². The van der Waals surface area contributed by atoms with Crippen molar-refractivity contribution in [2.45, 2.75) is 26.7 Å². The average Bonchev–Trinajstić information content (AvgIpc) is 3.41. The fourth-order valence-electron chi connectivity index (χ4n) is 2.73. The highest BCUT2D eigenvalue weighted by Gasteiger charge is 2.56. The molecule has 25 heavy (non-hydrogen) atoms. The fourth-order valence-corrected chi connectivity index (χ4v) is 2.73. The van der Waals surface area contributed by atoms with Crippen LogP contribution in [-0.2, 0) is 9.59 Å². The maximum Gasteiger partial charge on any atom is 0.240 e. The van der Waals surface area contributed by atoms with Crippen LogP contribution in [0.1, 0.15) is 25.3 Å². The highest BCUT2D eigenvalue weighted by molar-refractivity contribution is 6.17. The van der Waals surface area contributed by atoms with Crippen LogP contribution in [0, 0.1) is 12.3 Å². The Hall–Kier alpha value is -2.82. The lowest BCUT2D eigenvalue weighted by Gasteiger charge is -2.17. The molecule has 0 atom stereocenters. The first-order valence-corrected chi connectivity index (χ1v) is 8.47. The van der Waals surface area contributed by atoms with Crippen molar-refractivity contribution < 1.29 is 14.3 Å². The van der Waals surface area contributed by atoms with E-state index >= 15 is 0 Å². The Bertz CT molecular complexity index is 797. The van der Waals surface area contributed by atoms with Crippen molar-refractivity contribution in [2.75, 3.05) is 17.2 Å². The zero-order valence-electron chi connectivity index (χ0n) is 14.5. The Labute approximate surface area is 147 Å². The maximum absolute atomic E-state index is 12.7. The lowest BCUT2D eigenvalue weighted by molar-refractivity contribution is -0.131. The SMILES string of the molecule is CCOc1ccccc1NC(=O)C1(C(=O)Nc2ccccc2C)CC1. The number of nitrogens with one attached hydrogen (secondary N) is 2. The molecule has 0 aliphatic heterocycles. The van der Waals surface area contributed by atoms with Crippen LogP contribution in [0.15, 0.2) is 48.5 Å². The first-order chi connectivity index (χ1) is 12.1. The molecule has 5 nitrogen and oxygen atoms in total. The minimum atomic E-state index is -0.998. The van der Waals surface area contributed by atoms with Gasteiger partial charge in [-0.25, -0.2) is 0 Å². The van der Waals surface area contributed by atoms with Gasteiger partial charge in [0, 0.05) is 5.69 Å². The van der Waals surface area contributed by atoms with Gasteiger partial charge in [-0.05, 0) is 50.5 Å². The topological polar surface area (TPSA) is 67.4 Å². The molecule has 0 radical (unpaired) electrons. The predicted molar refractivity (Wildman–Crippen MR) is 97.7 cm³/mol. The zero-order valence-corrected chi connectivity index (χ0v) is 14.5. The van der Waals surface area contributed by atoms with E-state index in [4.69, 9.17) is 4.74 Å². The van der Waals surface area contributed by atoms with Gasteiger partial charge in [-0.3, -0.25) is 9.59 Å². The smallest absolute Gasteiger partial charge is 0.240 e. The van der Waals surface area contributed by atoms with Gasteiger partial charge in [0.25, 0.3) is 0 Å². The molecule has 1 aliphatic carbocycles. The van der Waals surface area contributed by atoms with Gasteiger partial charge >= 0.3 is 0 Å². The van der Waals surface area contributed by atoms with Crippen molar-refractivity contribution in [3.05, 3.63) is 54.1 Å². The predicted octanol–water partition coefficient (Wildman–Crippen LogP) is 3.75. The molecule has 0 bridgehead atoms. The Morgan fingerprint density at radius 3 is 2.12 bits per heavy atom. The number of benzene rings is 2. The molecule has 0 saturated heterocycles. The number of ether oxygens (including phenoxy) is 1. The molecular formula is C20H22N2O3. The highest BCUT2D eigenvalue weighted by atomic mass is 16.5. The second-order valence-corrected chi connectivity index (χ2v) is 6.23. The summed E-state index contributed by atoms with van der Waals surface area (Å²) >= 11 is 0. The summed E-state index contributed by atoms with van der Waals surface area (Å²) in [5.74, 6) is 0.0624. The van der Waals surface area contributed by atoms with Crippen LogP contribution in [0.4, 0.5) is 11.4 Å². The number of carbonyl (C=O) groups is 2. The third-order valence-electron chi connectivity index (χ3n) is 4.45. The van der Waals surface area contributed by atoms with Crippen LogP contribution in [0.25, 0.3) is 0 Å². The molecule has 0 spiro atoms. The number of carbonyl (C=O) groups excluding carboxylic acids is 2. The van der Waals surface area contributed by atoms with Crippen LogP contribution in [-0.4, -0.2) is 18.4 Å². The van der Waals surface area contributed by atoms with Gasteiger partial charge in [0.2, 0.25) is 11.8 Å². The lowest BCUT2D eigenvalue weighted by Crippen LogP contribution is -2.35. The molecule has 130 valence electrons. The van der Waals surface area contributed by atoms with E-state index in [9.17, 15) is 9.59 Å². The van der Waals surface area contributed by atoms with Crippen molar-refractivity contribution >= 4 is 23.2 Å². The summed E-state index contributed by atoms with van der Waals surface area (Å²) < 4.78 is 5.53. The van der Waals surface area contributed by atoms with Crippen molar-refractivity contribution in [3.63, 3.8) is 0 Å². The van der Waals surface area contributed by atoms with Crippen molar-refractivity contribution in [1.82, 2.24) is 0 Å². The summed E-state index contributed by atoms with van der Waals surface area (Å²) in [6.07, 6.45) is 1.10. The molecule has 5 heteroatoms. The number of amides is 2. The minimum absolute atomic E-state index is 0.256. The molecule has 0 aromatic heterocycles. The molecular weight excluding hydrogens is 316 g/mol. The van der Waals surface area contributed by atoms with Gasteiger partial charge in [0.05, 0.1) is 12.3 Å². The van der Waals surface area contributed by atoms with Crippen molar-refractivity contribution in [2.24, 2.45) is 5.41 Å². The Balaban J connectivity index is 1.73. The Morgan fingerprint density at radius 1 is 0.960 bits per heavy atom. The fraction of sp³-hybridized carbons (Fsp3) is 0.300. The summed E-state index contributed by atoms with van der Waals surface area (Å²) in [5.41, 5.74) is 1.29. The second kappa shape index (κ2) is 6.97. The van der Waals surface area contributed by atoms with E-state index in [1.807, 2.05) is 50.2 Å². The summed E-state index contributed by atoms with van der Waals surface area (Å²) in [4.78, 5) is 25.4. The molecule has 2 N–H and O–H groups in total. The summed E-state index contributed by atoms with van der Waals surface area (Å²) in [6, 6.07) is 14.8. The first-order valence-electron chi connectivity index (χ1n) is 8.47. The number of para-hydroxylation sites is 3. The quantitative estimate of drug-likeness (QED) is 0.788. The molecule has 2 aromatic carbocycles. The van der Waals surface area contributed by atoms with E-state index in [-0.39, 0.29) is 11.8 Å². The van der Waals surface area contributed by atoms with Crippen LogP contribution in [0.3, 0.4) is 0 Å². The molecule has 1 saturated carbocycles. The van der Waals surface area contributed by atoms with Crippen molar-refractivity contribution in [1.29, 1.82) is 0 Å². The maximum atomic E-state index is 12.7. The molecule has 3 rings (SSSR count). The largest absolute Gasteiger partial charge is 0.492 e. The summed E-state index contributed by atoms with van der Waals surface area (Å²) in [6.45, 7) is 4.32. The van der Waals surface area contributed by atoms with Gasteiger partial charge in [0.15, 0.2) is 0 Å². The summed E-state index contributed by atoms with van der Waals surface area (Å²) in [5, 5.41) is 5.74. The highest BCUT2D eigenvalue weighted by Crippen LogP contribution is 2.48. The number of hydrogen-bond acceptors (Lipinski definition) is 3. The molecule has 2 amide bonds. The molecule has 0 unspecified atom stereocenters. The van der Waals surface area contributed by atoms with E-state index < -0.39 is 5.41 Å². The minimum Gasteiger partial charge on any atom is -0.492 e. The normalized spacial score (nSPS) is 14.5. The Morgan fingerprint density at radius 2 is 1.52 bits per heavy atom. The second-order valence-electron chi connectivity index (χ2n) is 6.23. The Kier molecular flexibility index (Phi) is 4.74. The van der Waals surface area contributed by atoms with Gasteiger partial charge in [0.1, 0.15) is 11.2 Å². The third-order valence-corrected chi connectivity index (χ3v) is 4.45. The van der Waals surface area contributed by atoms with E-state index in [2.05, 4.69) is 10.6 Å². The van der Waals surface area contributed by atoms with E-state index in [0.717, 1.165) is 11.3 Å². The van der Waals surface area contributed by atoms with Crippen LogP contribution in [0.2, 0.25) is 0 Å².